The number of hydrogen-bond acceptors (Lipinski definition) is 4. The molecule has 0 aromatic heterocycles. The second-order valence-corrected chi connectivity index (χ2v) is 6.59. The number of nitrogens with one attached hydrogen (secondary N) is 1. The molecule has 0 fully saturated rings. The van der Waals surface area contributed by atoms with Crippen LogP contribution < -0.4 is 9.46 Å². The number of allylic oxidation sites excluding steroid dienone is 1. The number of sulfonamides is 1. The maximum atomic E-state index is 12.3. The summed E-state index contributed by atoms with van der Waals surface area (Å²) in [4.78, 5) is -0.391. The predicted octanol–water partition coefficient (Wildman–Crippen LogP) is 3.65. The number of nitrogens with zero attached hydrogens (tertiary/aromatic N) is 1. The van der Waals surface area contributed by atoms with Gasteiger partial charge in [0.2, 0.25) is 0 Å². The zero-order valence-electron chi connectivity index (χ0n) is 12.2. The molecule has 23 heavy (non-hydrogen) atoms. The summed E-state index contributed by atoms with van der Waals surface area (Å²) in [5, 5.41) is 9.65. The summed E-state index contributed by atoms with van der Waals surface area (Å²) in [6.07, 6.45) is 1.29. The standard InChI is InChI=1S/C16H13ClN2O3S/c1-22-15-8-2-12(3-9-15)10-16(11-18)23(20,21)19-14-6-4-13(17)5-7-14/h2-10,19H,1H3/b16-10+. The highest BCUT2D eigenvalue weighted by Crippen LogP contribution is 2.20. The van der Waals surface area contributed by atoms with Crippen LogP contribution in [0.2, 0.25) is 5.02 Å². The minimum atomic E-state index is -3.98. The van der Waals surface area contributed by atoms with Gasteiger partial charge in [0.25, 0.3) is 10.0 Å². The van der Waals surface area contributed by atoms with Crippen molar-refractivity contribution >= 4 is 33.4 Å². The molecule has 118 valence electrons. The largest absolute Gasteiger partial charge is 0.497 e. The summed E-state index contributed by atoms with van der Waals surface area (Å²) < 4.78 is 31.9. The zero-order chi connectivity index (χ0) is 16.9. The summed E-state index contributed by atoms with van der Waals surface area (Å²) >= 11 is 5.75. The molecule has 2 rings (SSSR count). The Hall–Kier alpha value is -2.49. The van der Waals surface area contributed by atoms with E-state index in [2.05, 4.69) is 4.72 Å². The quantitative estimate of drug-likeness (QED) is 0.836. The van der Waals surface area contributed by atoms with Crippen molar-refractivity contribution < 1.29 is 13.2 Å². The fraction of sp³-hybridized carbons (Fsp3) is 0.0625. The second-order valence-electron chi connectivity index (χ2n) is 4.51. The average molecular weight is 349 g/mol. The summed E-state index contributed by atoms with van der Waals surface area (Å²) in [7, 11) is -2.44. The van der Waals surface area contributed by atoms with Gasteiger partial charge in [-0.15, -0.1) is 0 Å². The first-order valence-electron chi connectivity index (χ1n) is 6.49. The van der Waals surface area contributed by atoms with Crippen molar-refractivity contribution in [3.8, 4) is 11.8 Å². The van der Waals surface area contributed by atoms with Crippen LogP contribution in [0.1, 0.15) is 5.56 Å². The van der Waals surface area contributed by atoms with E-state index in [-0.39, 0.29) is 0 Å². The number of benzene rings is 2. The van der Waals surface area contributed by atoms with Crippen LogP contribution in [0.3, 0.4) is 0 Å². The predicted molar refractivity (Wildman–Crippen MR) is 90.6 cm³/mol. The number of ether oxygens (including phenoxy) is 1. The monoisotopic (exact) mass is 348 g/mol. The number of rotatable bonds is 5. The smallest absolute Gasteiger partial charge is 0.272 e. The summed E-state index contributed by atoms with van der Waals surface area (Å²) in [5.74, 6) is 0.641. The lowest BCUT2D eigenvalue weighted by Crippen LogP contribution is -2.14. The molecule has 2 aromatic rings. The van der Waals surface area contributed by atoms with Crippen LogP contribution in [-0.2, 0) is 10.0 Å². The van der Waals surface area contributed by atoms with Crippen LogP contribution in [0.4, 0.5) is 5.69 Å². The van der Waals surface area contributed by atoms with Crippen LogP contribution in [0, 0.1) is 11.3 Å². The number of anilines is 1. The van der Waals surface area contributed by atoms with Crippen molar-refractivity contribution in [2.24, 2.45) is 0 Å². The van der Waals surface area contributed by atoms with E-state index in [4.69, 9.17) is 21.6 Å². The van der Waals surface area contributed by atoms with Crippen molar-refractivity contribution in [3.05, 3.63) is 64.0 Å². The Labute approximate surface area is 139 Å². The molecular formula is C16H13ClN2O3S. The number of nitriles is 1. The van der Waals surface area contributed by atoms with Crippen molar-refractivity contribution in [1.29, 1.82) is 5.26 Å². The molecule has 0 unspecified atom stereocenters. The fourth-order valence-electron chi connectivity index (χ4n) is 1.75. The molecule has 1 N–H and O–H groups in total. The van der Waals surface area contributed by atoms with E-state index in [0.29, 0.717) is 22.0 Å². The maximum absolute atomic E-state index is 12.3. The molecule has 2 aromatic carbocycles. The normalized spacial score (nSPS) is 11.6. The van der Waals surface area contributed by atoms with Gasteiger partial charge in [-0.05, 0) is 48.0 Å². The van der Waals surface area contributed by atoms with E-state index < -0.39 is 14.9 Å². The van der Waals surface area contributed by atoms with Crippen molar-refractivity contribution in [1.82, 2.24) is 0 Å². The van der Waals surface area contributed by atoms with Gasteiger partial charge in [0.05, 0.1) is 7.11 Å². The van der Waals surface area contributed by atoms with Gasteiger partial charge in [-0.25, -0.2) is 8.42 Å². The first kappa shape index (κ1) is 16.9. The molecule has 5 nitrogen and oxygen atoms in total. The fourth-order valence-corrected chi connectivity index (χ4v) is 2.84. The van der Waals surface area contributed by atoms with E-state index in [1.165, 1.54) is 25.3 Å². The molecule has 0 aliphatic heterocycles. The third-order valence-corrected chi connectivity index (χ3v) is 4.45. The summed E-state index contributed by atoms with van der Waals surface area (Å²) in [6, 6.07) is 14.5. The number of methoxy groups -OCH3 is 1. The maximum Gasteiger partial charge on any atom is 0.272 e. The first-order chi connectivity index (χ1) is 10.9. The number of hydrogen-bond donors (Lipinski definition) is 1. The Morgan fingerprint density at radius 3 is 2.30 bits per heavy atom. The van der Waals surface area contributed by atoms with Gasteiger partial charge in [0.15, 0.2) is 4.91 Å². The minimum absolute atomic E-state index is 0.324. The van der Waals surface area contributed by atoms with Crippen LogP contribution in [0.15, 0.2) is 53.4 Å². The highest BCUT2D eigenvalue weighted by atomic mass is 35.5. The Morgan fingerprint density at radius 1 is 1.17 bits per heavy atom. The van der Waals surface area contributed by atoms with Crippen LogP contribution in [-0.4, -0.2) is 15.5 Å². The van der Waals surface area contributed by atoms with E-state index >= 15 is 0 Å². The molecule has 0 heterocycles. The van der Waals surface area contributed by atoms with Crippen LogP contribution in [0.5, 0.6) is 5.75 Å². The molecule has 0 radical (unpaired) electrons. The Morgan fingerprint density at radius 2 is 1.78 bits per heavy atom. The van der Waals surface area contributed by atoms with Gasteiger partial charge in [-0.1, -0.05) is 23.7 Å². The van der Waals surface area contributed by atoms with E-state index in [1.54, 1.807) is 42.5 Å². The molecule has 0 aliphatic carbocycles. The van der Waals surface area contributed by atoms with Crippen molar-refractivity contribution in [2.75, 3.05) is 11.8 Å². The highest BCUT2D eigenvalue weighted by Gasteiger charge is 2.17. The van der Waals surface area contributed by atoms with Gasteiger partial charge in [-0.3, -0.25) is 4.72 Å². The zero-order valence-corrected chi connectivity index (χ0v) is 13.7. The van der Waals surface area contributed by atoms with Gasteiger partial charge >= 0.3 is 0 Å². The average Bonchev–Trinajstić information content (AvgIpc) is 2.55. The third-order valence-electron chi connectivity index (χ3n) is 2.91. The lowest BCUT2D eigenvalue weighted by Gasteiger charge is -2.07. The molecule has 0 atom stereocenters. The third kappa shape index (κ3) is 4.49. The summed E-state index contributed by atoms with van der Waals surface area (Å²) in [6.45, 7) is 0. The highest BCUT2D eigenvalue weighted by molar-refractivity contribution is 7.96. The molecule has 0 aliphatic rings. The Kier molecular flexibility index (Phi) is 5.27. The van der Waals surface area contributed by atoms with E-state index in [9.17, 15) is 8.42 Å². The molecule has 0 amide bonds. The molecular weight excluding hydrogens is 336 g/mol. The minimum Gasteiger partial charge on any atom is -0.497 e. The van der Waals surface area contributed by atoms with Gasteiger partial charge in [0, 0.05) is 10.7 Å². The van der Waals surface area contributed by atoms with Crippen LogP contribution in [0.25, 0.3) is 6.08 Å². The van der Waals surface area contributed by atoms with Gasteiger partial charge < -0.3 is 4.74 Å². The van der Waals surface area contributed by atoms with Crippen LogP contribution >= 0.6 is 11.6 Å². The SMILES string of the molecule is COc1ccc(/C=C(\C#N)S(=O)(=O)Nc2ccc(Cl)cc2)cc1. The van der Waals surface area contributed by atoms with Crippen molar-refractivity contribution in [3.63, 3.8) is 0 Å². The van der Waals surface area contributed by atoms with Gasteiger partial charge in [-0.2, -0.15) is 5.26 Å². The first-order valence-corrected chi connectivity index (χ1v) is 8.35. The molecule has 0 spiro atoms. The topological polar surface area (TPSA) is 79.2 Å². The molecule has 7 heteroatoms. The molecule has 0 bridgehead atoms. The second kappa shape index (κ2) is 7.18. The molecule has 0 saturated carbocycles. The lowest BCUT2D eigenvalue weighted by molar-refractivity contribution is 0.415. The summed E-state index contributed by atoms with van der Waals surface area (Å²) in [5.41, 5.74) is 0.897. The van der Waals surface area contributed by atoms with E-state index in [1.807, 2.05) is 0 Å². The van der Waals surface area contributed by atoms with E-state index in [0.717, 1.165) is 0 Å². The molecule has 0 saturated heterocycles. The Balaban J connectivity index is 2.28. The lowest BCUT2D eigenvalue weighted by atomic mass is 10.2. The van der Waals surface area contributed by atoms with Crippen molar-refractivity contribution in [2.45, 2.75) is 0 Å². The Bertz CT molecular complexity index is 852. The number of halogens is 1. The van der Waals surface area contributed by atoms with Gasteiger partial charge in [0.1, 0.15) is 11.8 Å².